The minimum atomic E-state index is -8.92. The van der Waals surface area contributed by atoms with E-state index in [1.807, 2.05) is 0 Å². The second-order valence-corrected chi connectivity index (χ2v) is 8.88. The van der Waals surface area contributed by atoms with E-state index < -0.39 is 74.9 Å². The SMILES string of the molecule is O=C(CNS(=O)(=O)C(F)(F)C(F)(F)C(F)(F)C(F)(F)C(F)(F)C(F)(F)C(F)(F)C(F)(F)F)c1ccccc1. The first-order valence-electron chi connectivity index (χ1n) is 8.78. The Morgan fingerprint density at radius 3 is 1.29 bits per heavy atom. The maximum Gasteiger partial charge on any atom is 0.460 e. The van der Waals surface area contributed by atoms with Crippen LogP contribution in [0.15, 0.2) is 30.3 Å². The molecular weight excluding hydrogens is 609 g/mol. The van der Waals surface area contributed by atoms with Crippen molar-refractivity contribution in [3.63, 3.8) is 0 Å². The van der Waals surface area contributed by atoms with Gasteiger partial charge < -0.3 is 0 Å². The smallest absolute Gasteiger partial charge is 0.293 e. The molecule has 22 heteroatoms. The van der Waals surface area contributed by atoms with E-state index in [0.29, 0.717) is 0 Å². The Hall–Kier alpha value is -2.39. The van der Waals surface area contributed by atoms with Crippen LogP contribution in [0.5, 0.6) is 0 Å². The molecule has 1 aromatic rings. The van der Waals surface area contributed by atoms with Gasteiger partial charge in [0.15, 0.2) is 5.78 Å². The van der Waals surface area contributed by atoms with Gasteiger partial charge in [0.05, 0.1) is 6.54 Å². The summed E-state index contributed by atoms with van der Waals surface area (Å²) in [5.74, 6) is -53.6. The number of halogens is 17. The fraction of sp³-hybridized carbons (Fsp3) is 0.562. The molecule has 0 aromatic heterocycles. The zero-order valence-corrected chi connectivity index (χ0v) is 18.0. The van der Waals surface area contributed by atoms with E-state index in [-0.39, 0.29) is 4.72 Å². The summed E-state index contributed by atoms with van der Waals surface area (Å²) in [6, 6.07) is 5.10. The van der Waals surface area contributed by atoms with Crippen LogP contribution in [0, 0.1) is 0 Å². The number of alkyl halides is 17. The molecule has 0 bridgehead atoms. The molecule has 1 aromatic carbocycles. The Labute approximate surface area is 198 Å². The number of hydrogen-bond acceptors (Lipinski definition) is 3. The number of nitrogens with one attached hydrogen (secondary N) is 1. The third kappa shape index (κ3) is 4.66. The topological polar surface area (TPSA) is 63.2 Å². The quantitative estimate of drug-likeness (QED) is 0.254. The van der Waals surface area contributed by atoms with Gasteiger partial charge in [-0.25, -0.2) is 13.1 Å². The monoisotopic (exact) mass is 617 g/mol. The van der Waals surface area contributed by atoms with Gasteiger partial charge in [-0.1, -0.05) is 30.3 Å². The average Bonchev–Trinajstić information content (AvgIpc) is 2.76. The number of carbonyl (C=O) groups excluding carboxylic acids is 1. The van der Waals surface area contributed by atoms with E-state index in [1.54, 1.807) is 0 Å². The first kappa shape index (κ1) is 33.6. The fourth-order valence-corrected chi connectivity index (χ4v) is 3.26. The van der Waals surface area contributed by atoms with Crippen molar-refractivity contribution >= 4 is 15.8 Å². The summed E-state index contributed by atoms with van der Waals surface area (Å²) >= 11 is 0. The summed E-state index contributed by atoms with van der Waals surface area (Å²) in [5, 5.41) is -7.72. The van der Waals surface area contributed by atoms with Gasteiger partial charge in [0.25, 0.3) is 10.0 Å². The van der Waals surface area contributed by atoms with Crippen LogP contribution in [0.3, 0.4) is 0 Å². The Morgan fingerprint density at radius 1 is 0.579 bits per heavy atom. The van der Waals surface area contributed by atoms with Gasteiger partial charge in [0.2, 0.25) is 0 Å². The standard InChI is InChI=1S/C16H8F17NO3S/c17-9(18,11(21,22)13(25,26)15(29,30)31)10(19,20)12(23,24)14(27,28)16(32,33)38(36,37)34-6-8(35)7-4-2-1-3-5-7/h1-5,34H,6H2. The van der Waals surface area contributed by atoms with Crippen LogP contribution in [0.25, 0.3) is 0 Å². The lowest BCUT2D eigenvalue weighted by molar-refractivity contribution is -0.458. The first-order valence-corrected chi connectivity index (χ1v) is 10.3. The molecule has 0 aliphatic rings. The molecule has 38 heavy (non-hydrogen) atoms. The highest BCUT2D eigenvalue weighted by Gasteiger charge is 2.96. The Bertz CT molecular complexity index is 1130. The summed E-state index contributed by atoms with van der Waals surface area (Å²) in [7, 11) is -7.52. The third-order valence-electron chi connectivity index (χ3n) is 4.55. The van der Waals surface area contributed by atoms with Gasteiger partial charge >= 0.3 is 47.0 Å². The number of carbonyl (C=O) groups is 1. The summed E-state index contributed by atoms with van der Waals surface area (Å²) in [4.78, 5) is 11.7. The molecule has 1 N–H and O–H groups in total. The van der Waals surface area contributed by atoms with E-state index in [9.17, 15) is 87.8 Å². The van der Waals surface area contributed by atoms with Crippen LogP contribution < -0.4 is 4.72 Å². The van der Waals surface area contributed by atoms with Crippen molar-refractivity contribution < 1.29 is 87.8 Å². The van der Waals surface area contributed by atoms with Gasteiger partial charge in [-0.15, -0.1) is 0 Å². The lowest BCUT2D eigenvalue weighted by atomic mass is 9.91. The van der Waals surface area contributed by atoms with Crippen LogP contribution in [-0.2, 0) is 10.0 Å². The lowest BCUT2D eigenvalue weighted by Gasteiger charge is -2.42. The van der Waals surface area contributed by atoms with E-state index >= 15 is 0 Å². The van der Waals surface area contributed by atoms with Crippen molar-refractivity contribution in [3.8, 4) is 0 Å². The number of Topliss-reactive ketones (excluding diaryl/α,β-unsaturated/α-hetero) is 1. The van der Waals surface area contributed by atoms with Crippen molar-refractivity contribution in [1.82, 2.24) is 4.72 Å². The molecule has 0 saturated carbocycles. The van der Waals surface area contributed by atoms with Crippen LogP contribution in [0.4, 0.5) is 74.6 Å². The van der Waals surface area contributed by atoms with Crippen molar-refractivity contribution in [1.29, 1.82) is 0 Å². The summed E-state index contributed by atoms with van der Waals surface area (Å²) in [6.45, 7) is -1.99. The van der Waals surface area contributed by atoms with E-state index in [0.717, 1.165) is 24.3 Å². The average molecular weight is 617 g/mol. The second kappa shape index (κ2) is 9.37. The molecular formula is C16H8F17NO3S. The zero-order chi connectivity index (χ0) is 30.6. The summed E-state index contributed by atoms with van der Waals surface area (Å²) < 4.78 is 248. The van der Waals surface area contributed by atoms with Crippen LogP contribution in [-0.4, -0.2) is 67.7 Å². The molecule has 0 unspecified atom stereocenters. The van der Waals surface area contributed by atoms with E-state index in [4.69, 9.17) is 0 Å². The maximum absolute atomic E-state index is 13.9. The molecule has 220 valence electrons. The van der Waals surface area contributed by atoms with Crippen LogP contribution in [0.1, 0.15) is 10.4 Å². The molecule has 0 amide bonds. The molecule has 0 atom stereocenters. The largest absolute Gasteiger partial charge is 0.460 e. The molecule has 0 radical (unpaired) electrons. The molecule has 1 rings (SSSR count). The minimum absolute atomic E-state index is 0.250. The molecule has 0 spiro atoms. The lowest BCUT2D eigenvalue weighted by Crippen LogP contribution is -2.75. The summed E-state index contributed by atoms with van der Waals surface area (Å²) in [5.41, 5.74) is -0.547. The Kier molecular flexibility index (Phi) is 8.29. The van der Waals surface area contributed by atoms with Gasteiger partial charge in [-0.3, -0.25) is 4.79 Å². The number of sulfonamides is 1. The number of hydrogen-bond donors (Lipinski definition) is 1. The van der Waals surface area contributed by atoms with E-state index in [2.05, 4.69) is 0 Å². The van der Waals surface area contributed by atoms with Gasteiger partial charge in [-0.2, -0.15) is 74.6 Å². The summed E-state index contributed by atoms with van der Waals surface area (Å²) in [6.07, 6.45) is -7.91. The Balaban J connectivity index is 3.54. The van der Waals surface area contributed by atoms with Gasteiger partial charge in [0.1, 0.15) is 0 Å². The van der Waals surface area contributed by atoms with Crippen molar-refractivity contribution in [2.24, 2.45) is 0 Å². The molecule has 0 saturated heterocycles. The van der Waals surface area contributed by atoms with E-state index in [1.165, 1.54) is 6.07 Å². The second-order valence-electron chi connectivity index (χ2n) is 7.07. The van der Waals surface area contributed by atoms with Gasteiger partial charge in [0, 0.05) is 5.56 Å². The highest BCUT2D eigenvalue weighted by Crippen LogP contribution is 2.64. The first-order chi connectivity index (χ1) is 16.5. The van der Waals surface area contributed by atoms with Crippen molar-refractivity contribution in [3.05, 3.63) is 35.9 Å². The normalized spacial score (nSPS) is 15.5. The van der Waals surface area contributed by atoms with Crippen molar-refractivity contribution in [2.45, 2.75) is 47.0 Å². The number of rotatable bonds is 11. The highest BCUT2D eigenvalue weighted by molar-refractivity contribution is 7.90. The number of ketones is 1. The number of benzene rings is 1. The molecule has 0 aliphatic carbocycles. The molecule has 0 aliphatic heterocycles. The fourth-order valence-electron chi connectivity index (χ4n) is 2.30. The van der Waals surface area contributed by atoms with Crippen LogP contribution in [0.2, 0.25) is 0 Å². The minimum Gasteiger partial charge on any atom is -0.293 e. The van der Waals surface area contributed by atoms with Crippen molar-refractivity contribution in [2.75, 3.05) is 6.54 Å². The zero-order valence-electron chi connectivity index (χ0n) is 17.2. The third-order valence-corrected chi connectivity index (χ3v) is 6.01. The predicted molar refractivity (Wildman–Crippen MR) is 88.4 cm³/mol. The molecule has 0 fully saturated rings. The highest BCUT2D eigenvalue weighted by atomic mass is 32.2. The maximum atomic E-state index is 13.9. The molecule has 4 nitrogen and oxygen atoms in total. The molecule has 0 heterocycles. The Morgan fingerprint density at radius 2 is 0.921 bits per heavy atom. The predicted octanol–water partition coefficient (Wildman–Crippen LogP) is 5.76. The van der Waals surface area contributed by atoms with Gasteiger partial charge in [-0.05, 0) is 0 Å². The van der Waals surface area contributed by atoms with Crippen LogP contribution >= 0.6 is 0 Å².